The van der Waals surface area contributed by atoms with Gasteiger partial charge in [0.05, 0.1) is 17.3 Å². The highest BCUT2D eigenvalue weighted by molar-refractivity contribution is 6.01. The van der Waals surface area contributed by atoms with Gasteiger partial charge in [0, 0.05) is 23.2 Å². The number of carboxylic acid groups (broad SMARTS) is 1. The van der Waals surface area contributed by atoms with Crippen LogP contribution in [0.15, 0.2) is 48.7 Å². The summed E-state index contributed by atoms with van der Waals surface area (Å²) >= 11 is 0. The van der Waals surface area contributed by atoms with Crippen LogP contribution in [-0.4, -0.2) is 28.1 Å². The van der Waals surface area contributed by atoms with Gasteiger partial charge in [0.25, 0.3) is 0 Å². The molecule has 0 amide bonds. The SMILES string of the molecule is C[C@H]1[C@H](/C=C/c2ccc(-c3ccccc3C#N)cn2)[C@@H]2[C@@H](C)OC(=O)[C@]2(C(=O)O)C[C@@H]1C. The number of esters is 1. The third kappa shape index (κ3) is 3.38. The van der Waals surface area contributed by atoms with Crippen LogP contribution < -0.4 is 0 Å². The quantitative estimate of drug-likeness (QED) is 0.564. The Morgan fingerprint density at radius 1 is 1.25 bits per heavy atom. The molecule has 164 valence electrons. The molecular formula is C26H26N2O4. The van der Waals surface area contributed by atoms with Crippen molar-refractivity contribution in [2.75, 3.05) is 0 Å². The van der Waals surface area contributed by atoms with E-state index in [1.807, 2.05) is 49.4 Å². The Bertz CT molecular complexity index is 1120. The number of ether oxygens (including phenoxy) is 1. The molecule has 2 aliphatic rings. The number of aliphatic carboxylic acids is 1. The fourth-order valence-electron chi connectivity index (χ4n) is 5.46. The predicted molar refractivity (Wildman–Crippen MR) is 119 cm³/mol. The number of nitriles is 1. The number of pyridine rings is 1. The third-order valence-corrected chi connectivity index (χ3v) is 7.31. The highest BCUT2D eigenvalue weighted by Crippen LogP contribution is 2.56. The van der Waals surface area contributed by atoms with Crippen molar-refractivity contribution < 1.29 is 19.4 Å². The first-order valence-electron chi connectivity index (χ1n) is 10.9. The highest BCUT2D eigenvalue weighted by Gasteiger charge is 2.66. The van der Waals surface area contributed by atoms with Crippen LogP contribution in [0.25, 0.3) is 17.2 Å². The van der Waals surface area contributed by atoms with Crippen LogP contribution in [-0.2, 0) is 14.3 Å². The van der Waals surface area contributed by atoms with Gasteiger partial charge in [0.2, 0.25) is 0 Å². The summed E-state index contributed by atoms with van der Waals surface area (Å²) < 4.78 is 5.44. The van der Waals surface area contributed by atoms with E-state index in [1.165, 1.54) is 0 Å². The molecule has 1 saturated heterocycles. The standard InChI is InChI=1S/C26H26N2O4/c1-15-12-26(24(29)30)23(17(3)32-25(26)31)21(16(15)2)11-10-20-9-8-19(14-28-20)22-7-5-4-6-18(22)13-27/h4-11,14-17,21,23H,12H2,1-3H3,(H,29,30)/b11-10+/t15-,16+,17+,21-,23-,26+/m0/s1. The minimum Gasteiger partial charge on any atom is -0.480 e. The van der Waals surface area contributed by atoms with Crippen molar-refractivity contribution in [3.63, 3.8) is 0 Å². The Balaban J connectivity index is 1.64. The van der Waals surface area contributed by atoms with Gasteiger partial charge in [-0.3, -0.25) is 14.6 Å². The first kappa shape index (κ1) is 21.8. The number of aromatic nitrogens is 1. The maximum atomic E-state index is 12.6. The minimum absolute atomic E-state index is 0.0627. The molecule has 32 heavy (non-hydrogen) atoms. The molecule has 2 fully saturated rings. The molecule has 6 heteroatoms. The Morgan fingerprint density at radius 3 is 2.66 bits per heavy atom. The second kappa shape index (κ2) is 8.23. The summed E-state index contributed by atoms with van der Waals surface area (Å²) in [6.07, 6.45) is 5.46. The van der Waals surface area contributed by atoms with E-state index in [0.29, 0.717) is 12.0 Å². The van der Waals surface area contributed by atoms with E-state index in [-0.39, 0.29) is 17.8 Å². The van der Waals surface area contributed by atoms with Crippen molar-refractivity contribution in [2.24, 2.45) is 29.1 Å². The number of benzene rings is 1. The maximum absolute atomic E-state index is 12.6. The van der Waals surface area contributed by atoms with Crippen molar-refractivity contribution >= 4 is 18.0 Å². The summed E-state index contributed by atoms with van der Waals surface area (Å²) in [6, 6.07) is 13.4. The third-order valence-electron chi connectivity index (χ3n) is 7.31. The smallest absolute Gasteiger partial charge is 0.324 e. The predicted octanol–water partition coefficient (Wildman–Crippen LogP) is 4.56. The average Bonchev–Trinajstić information content (AvgIpc) is 3.04. The van der Waals surface area contributed by atoms with Crippen molar-refractivity contribution in [3.8, 4) is 17.2 Å². The number of cyclic esters (lactones) is 1. The summed E-state index contributed by atoms with van der Waals surface area (Å²) in [6.45, 7) is 5.90. The number of allylic oxidation sites excluding steroid dienone is 1. The lowest BCUT2D eigenvalue weighted by Gasteiger charge is -2.45. The van der Waals surface area contributed by atoms with Gasteiger partial charge in [-0.05, 0) is 49.3 Å². The molecule has 0 unspecified atom stereocenters. The number of carboxylic acids is 1. The van der Waals surface area contributed by atoms with E-state index >= 15 is 0 Å². The monoisotopic (exact) mass is 430 g/mol. The summed E-state index contributed by atoms with van der Waals surface area (Å²) in [7, 11) is 0. The molecule has 0 bridgehead atoms. The van der Waals surface area contributed by atoms with Crippen LogP contribution in [0.5, 0.6) is 0 Å². The van der Waals surface area contributed by atoms with Crippen LogP contribution in [0.1, 0.15) is 38.4 Å². The van der Waals surface area contributed by atoms with Crippen LogP contribution in [0, 0.1) is 40.4 Å². The molecule has 6 nitrogen and oxygen atoms in total. The van der Waals surface area contributed by atoms with E-state index in [2.05, 4.69) is 18.0 Å². The van der Waals surface area contributed by atoms with Crippen molar-refractivity contribution in [1.29, 1.82) is 5.26 Å². The molecule has 0 radical (unpaired) electrons. The molecule has 2 aromatic rings. The van der Waals surface area contributed by atoms with E-state index < -0.39 is 29.4 Å². The Labute approximate surface area is 187 Å². The highest BCUT2D eigenvalue weighted by atomic mass is 16.6. The van der Waals surface area contributed by atoms with Gasteiger partial charge in [-0.1, -0.05) is 44.2 Å². The lowest BCUT2D eigenvalue weighted by molar-refractivity contribution is -0.167. The van der Waals surface area contributed by atoms with Crippen molar-refractivity contribution in [1.82, 2.24) is 4.98 Å². The zero-order chi connectivity index (χ0) is 23.0. The van der Waals surface area contributed by atoms with E-state index in [0.717, 1.165) is 16.8 Å². The number of rotatable bonds is 4. The largest absolute Gasteiger partial charge is 0.480 e. The van der Waals surface area contributed by atoms with Gasteiger partial charge in [-0.15, -0.1) is 0 Å². The molecule has 1 saturated carbocycles. The Morgan fingerprint density at radius 2 is 2.00 bits per heavy atom. The first-order valence-corrected chi connectivity index (χ1v) is 10.9. The van der Waals surface area contributed by atoms with Gasteiger partial charge in [0.15, 0.2) is 5.41 Å². The molecule has 0 spiro atoms. The summed E-state index contributed by atoms with van der Waals surface area (Å²) in [4.78, 5) is 29.4. The van der Waals surface area contributed by atoms with Crippen LogP contribution >= 0.6 is 0 Å². The van der Waals surface area contributed by atoms with Crippen molar-refractivity contribution in [2.45, 2.75) is 33.3 Å². The minimum atomic E-state index is -1.49. The van der Waals surface area contributed by atoms with Gasteiger partial charge in [0.1, 0.15) is 6.10 Å². The topological polar surface area (TPSA) is 100 Å². The normalized spacial score (nSPS) is 31.7. The summed E-state index contributed by atoms with van der Waals surface area (Å²) in [5.41, 5.74) is 1.51. The number of carbonyl (C=O) groups is 2. The second-order valence-electron chi connectivity index (χ2n) is 9.02. The lowest BCUT2D eigenvalue weighted by Crippen LogP contribution is -2.52. The number of nitrogens with zero attached hydrogens (tertiary/aromatic N) is 2. The van der Waals surface area contributed by atoms with Crippen molar-refractivity contribution in [3.05, 3.63) is 59.9 Å². The van der Waals surface area contributed by atoms with Crippen LogP contribution in [0.2, 0.25) is 0 Å². The fraction of sp³-hybridized carbons (Fsp3) is 0.385. The molecule has 4 rings (SSSR count). The van der Waals surface area contributed by atoms with Gasteiger partial charge in [-0.25, -0.2) is 0 Å². The number of fused-ring (bicyclic) bond motifs is 1. The number of hydrogen-bond acceptors (Lipinski definition) is 5. The lowest BCUT2D eigenvalue weighted by atomic mass is 9.55. The van der Waals surface area contributed by atoms with Crippen LogP contribution in [0.3, 0.4) is 0 Å². The zero-order valence-corrected chi connectivity index (χ0v) is 18.4. The first-order chi connectivity index (χ1) is 15.3. The molecule has 2 heterocycles. The van der Waals surface area contributed by atoms with E-state index in [9.17, 15) is 20.0 Å². The van der Waals surface area contributed by atoms with Gasteiger partial charge in [-0.2, -0.15) is 5.26 Å². The Hall–Kier alpha value is -3.46. The molecule has 1 aromatic carbocycles. The molecule has 1 N–H and O–H groups in total. The summed E-state index contributed by atoms with van der Waals surface area (Å²) in [5, 5.41) is 19.3. The molecule has 1 aromatic heterocycles. The number of carbonyl (C=O) groups excluding carboxylic acids is 1. The maximum Gasteiger partial charge on any atom is 0.324 e. The molecule has 1 aliphatic carbocycles. The molecule has 6 atom stereocenters. The average molecular weight is 431 g/mol. The van der Waals surface area contributed by atoms with E-state index in [4.69, 9.17) is 4.74 Å². The van der Waals surface area contributed by atoms with Gasteiger partial charge < -0.3 is 9.84 Å². The second-order valence-corrected chi connectivity index (χ2v) is 9.02. The molecule has 1 aliphatic heterocycles. The van der Waals surface area contributed by atoms with E-state index in [1.54, 1.807) is 19.2 Å². The molecular weight excluding hydrogens is 404 g/mol. The zero-order valence-electron chi connectivity index (χ0n) is 18.4. The Kier molecular flexibility index (Phi) is 5.60. The summed E-state index contributed by atoms with van der Waals surface area (Å²) in [5.74, 6) is -1.99. The fourth-order valence-corrected chi connectivity index (χ4v) is 5.46. The van der Waals surface area contributed by atoms with Gasteiger partial charge >= 0.3 is 11.9 Å². The number of hydrogen-bond donors (Lipinski definition) is 1. The van der Waals surface area contributed by atoms with Crippen LogP contribution in [0.4, 0.5) is 0 Å².